The van der Waals surface area contributed by atoms with E-state index in [-0.39, 0.29) is 17.4 Å². The van der Waals surface area contributed by atoms with E-state index in [4.69, 9.17) is 4.74 Å². The zero-order chi connectivity index (χ0) is 15.2. The topological polar surface area (TPSA) is 84.3 Å². The molecule has 0 aliphatic rings. The number of amides is 1. The molecule has 1 amide bonds. The van der Waals surface area contributed by atoms with E-state index in [0.29, 0.717) is 5.75 Å². The zero-order valence-corrected chi connectivity index (χ0v) is 11.9. The Morgan fingerprint density at radius 3 is 2.71 bits per heavy atom. The molecule has 6 heteroatoms. The summed E-state index contributed by atoms with van der Waals surface area (Å²) < 4.78 is 5.56. The lowest BCUT2D eigenvalue weighted by molar-refractivity contribution is 0.0645. The highest BCUT2D eigenvalue weighted by Crippen LogP contribution is 2.22. The standard InChI is InChI=1S/C15H17N3O3/c1-10(2)13(19)18-14(20)12-6-4-8-17-15(12)21-11-5-3-7-16-9-11/h3-10,13,19H,1-2H3,(H,18,20). The van der Waals surface area contributed by atoms with Gasteiger partial charge in [-0.1, -0.05) is 13.8 Å². The first-order chi connectivity index (χ1) is 10.1. The average Bonchev–Trinajstić information content (AvgIpc) is 2.48. The summed E-state index contributed by atoms with van der Waals surface area (Å²) >= 11 is 0. The van der Waals surface area contributed by atoms with Gasteiger partial charge in [-0.05, 0) is 30.2 Å². The number of pyridine rings is 2. The number of carbonyl (C=O) groups is 1. The molecule has 110 valence electrons. The number of aliphatic hydroxyl groups is 1. The molecule has 0 fully saturated rings. The minimum absolute atomic E-state index is 0.0895. The van der Waals surface area contributed by atoms with Crippen molar-refractivity contribution in [3.8, 4) is 11.6 Å². The third-order valence-electron chi connectivity index (χ3n) is 2.78. The van der Waals surface area contributed by atoms with Crippen LogP contribution in [0.5, 0.6) is 11.6 Å². The third-order valence-corrected chi connectivity index (χ3v) is 2.78. The Bertz CT molecular complexity index is 602. The summed E-state index contributed by atoms with van der Waals surface area (Å²) in [6.45, 7) is 3.61. The van der Waals surface area contributed by atoms with Gasteiger partial charge in [-0.2, -0.15) is 0 Å². The molecule has 0 radical (unpaired) electrons. The van der Waals surface area contributed by atoms with Crippen molar-refractivity contribution in [1.82, 2.24) is 15.3 Å². The van der Waals surface area contributed by atoms with Gasteiger partial charge >= 0.3 is 0 Å². The largest absolute Gasteiger partial charge is 0.437 e. The summed E-state index contributed by atoms with van der Waals surface area (Å²) in [6.07, 6.45) is 3.75. The molecule has 0 aromatic carbocycles. The summed E-state index contributed by atoms with van der Waals surface area (Å²) in [5.41, 5.74) is 0.251. The normalized spacial score (nSPS) is 12.0. The SMILES string of the molecule is CC(C)C(O)NC(=O)c1cccnc1Oc1cccnc1. The van der Waals surface area contributed by atoms with Gasteiger partial charge in [0.1, 0.15) is 17.5 Å². The quantitative estimate of drug-likeness (QED) is 0.821. The van der Waals surface area contributed by atoms with Crippen molar-refractivity contribution in [3.05, 3.63) is 48.4 Å². The van der Waals surface area contributed by atoms with Crippen LogP contribution in [0.25, 0.3) is 0 Å². The molecule has 21 heavy (non-hydrogen) atoms. The van der Waals surface area contributed by atoms with Crippen LogP contribution in [0, 0.1) is 5.92 Å². The summed E-state index contributed by atoms with van der Waals surface area (Å²) in [7, 11) is 0. The molecule has 0 bridgehead atoms. The summed E-state index contributed by atoms with van der Waals surface area (Å²) in [5, 5.41) is 12.2. The Morgan fingerprint density at radius 2 is 2.05 bits per heavy atom. The molecule has 0 saturated heterocycles. The van der Waals surface area contributed by atoms with Gasteiger partial charge in [-0.3, -0.25) is 9.78 Å². The monoisotopic (exact) mass is 287 g/mol. The number of hydrogen-bond donors (Lipinski definition) is 2. The molecule has 2 aromatic heterocycles. The predicted octanol–water partition coefficient (Wildman–Crippen LogP) is 1.97. The third kappa shape index (κ3) is 4.00. The molecule has 2 heterocycles. The van der Waals surface area contributed by atoms with Crippen molar-refractivity contribution in [3.63, 3.8) is 0 Å². The first kappa shape index (κ1) is 14.9. The number of ether oxygens (including phenoxy) is 1. The van der Waals surface area contributed by atoms with E-state index in [1.54, 1.807) is 44.3 Å². The van der Waals surface area contributed by atoms with E-state index in [9.17, 15) is 9.90 Å². The molecule has 6 nitrogen and oxygen atoms in total. The number of nitrogens with one attached hydrogen (secondary N) is 1. The number of rotatable bonds is 5. The van der Waals surface area contributed by atoms with Crippen LogP contribution in [-0.4, -0.2) is 27.2 Å². The second kappa shape index (κ2) is 6.81. The zero-order valence-electron chi connectivity index (χ0n) is 11.9. The number of aliphatic hydroxyl groups excluding tert-OH is 1. The van der Waals surface area contributed by atoms with Crippen LogP contribution in [0.2, 0.25) is 0 Å². The lowest BCUT2D eigenvalue weighted by Gasteiger charge is -2.17. The van der Waals surface area contributed by atoms with Crippen molar-refractivity contribution in [2.45, 2.75) is 20.1 Å². The molecular weight excluding hydrogens is 270 g/mol. The molecule has 0 aliphatic carbocycles. The average molecular weight is 287 g/mol. The molecule has 0 saturated carbocycles. The van der Waals surface area contributed by atoms with Crippen LogP contribution in [0.15, 0.2) is 42.9 Å². The van der Waals surface area contributed by atoms with Gasteiger partial charge in [-0.25, -0.2) is 4.98 Å². The van der Waals surface area contributed by atoms with E-state index >= 15 is 0 Å². The second-order valence-electron chi connectivity index (χ2n) is 4.81. The maximum Gasteiger partial charge on any atom is 0.258 e. The number of carbonyl (C=O) groups excluding carboxylic acids is 1. The second-order valence-corrected chi connectivity index (χ2v) is 4.81. The van der Waals surface area contributed by atoms with Crippen LogP contribution in [-0.2, 0) is 0 Å². The van der Waals surface area contributed by atoms with Gasteiger partial charge in [0.05, 0.1) is 6.20 Å². The Labute approximate surface area is 122 Å². The number of nitrogens with zero attached hydrogens (tertiary/aromatic N) is 2. The molecular formula is C15H17N3O3. The van der Waals surface area contributed by atoms with Crippen LogP contribution in [0.1, 0.15) is 24.2 Å². The summed E-state index contributed by atoms with van der Waals surface area (Å²) in [5.74, 6) is 0.116. The molecule has 2 aromatic rings. The lowest BCUT2D eigenvalue weighted by atomic mass is 10.1. The first-order valence-electron chi connectivity index (χ1n) is 6.59. The minimum Gasteiger partial charge on any atom is -0.437 e. The van der Waals surface area contributed by atoms with Gasteiger partial charge in [0.25, 0.3) is 5.91 Å². The Balaban J connectivity index is 2.19. The van der Waals surface area contributed by atoms with Crippen molar-refractivity contribution in [1.29, 1.82) is 0 Å². The molecule has 0 aliphatic heterocycles. The molecule has 1 atom stereocenters. The van der Waals surface area contributed by atoms with Crippen molar-refractivity contribution < 1.29 is 14.6 Å². The van der Waals surface area contributed by atoms with Gasteiger partial charge in [0, 0.05) is 12.4 Å². The van der Waals surface area contributed by atoms with Crippen LogP contribution in [0.3, 0.4) is 0 Å². The van der Waals surface area contributed by atoms with Gasteiger partial charge in [0.15, 0.2) is 0 Å². The minimum atomic E-state index is -0.927. The molecule has 0 spiro atoms. The fraction of sp³-hybridized carbons (Fsp3) is 0.267. The van der Waals surface area contributed by atoms with E-state index in [1.165, 1.54) is 12.4 Å². The van der Waals surface area contributed by atoms with E-state index in [1.807, 2.05) is 0 Å². The highest BCUT2D eigenvalue weighted by Gasteiger charge is 2.18. The van der Waals surface area contributed by atoms with Gasteiger partial charge in [0.2, 0.25) is 5.88 Å². The highest BCUT2D eigenvalue weighted by molar-refractivity contribution is 5.96. The smallest absolute Gasteiger partial charge is 0.258 e. The fourth-order valence-electron chi connectivity index (χ4n) is 1.54. The van der Waals surface area contributed by atoms with E-state index < -0.39 is 12.1 Å². The number of aromatic nitrogens is 2. The van der Waals surface area contributed by atoms with Gasteiger partial charge in [-0.15, -0.1) is 0 Å². The molecule has 2 N–H and O–H groups in total. The summed E-state index contributed by atoms with van der Waals surface area (Å²) in [6, 6.07) is 6.65. The number of hydrogen-bond acceptors (Lipinski definition) is 5. The summed E-state index contributed by atoms with van der Waals surface area (Å²) in [4.78, 5) is 20.2. The van der Waals surface area contributed by atoms with Crippen LogP contribution < -0.4 is 10.1 Å². The van der Waals surface area contributed by atoms with Crippen LogP contribution in [0.4, 0.5) is 0 Å². The molecule has 1 unspecified atom stereocenters. The maximum absolute atomic E-state index is 12.2. The Kier molecular flexibility index (Phi) is 4.84. The predicted molar refractivity (Wildman–Crippen MR) is 76.9 cm³/mol. The first-order valence-corrected chi connectivity index (χ1v) is 6.59. The lowest BCUT2D eigenvalue weighted by Crippen LogP contribution is -2.38. The van der Waals surface area contributed by atoms with Crippen LogP contribution >= 0.6 is 0 Å². The van der Waals surface area contributed by atoms with E-state index in [2.05, 4.69) is 15.3 Å². The highest BCUT2D eigenvalue weighted by atomic mass is 16.5. The Hall–Kier alpha value is -2.47. The van der Waals surface area contributed by atoms with Crippen molar-refractivity contribution in [2.75, 3.05) is 0 Å². The molecule has 2 rings (SSSR count). The maximum atomic E-state index is 12.2. The van der Waals surface area contributed by atoms with Crippen molar-refractivity contribution >= 4 is 5.91 Å². The van der Waals surface area contributed by atoms with Gasteiger partial charge < -0.3 is 15.2 Å². The fourth-order valence-corrected chi connectivity index (χ4v) is 1.54. The van der Waals surface area contributed by atoms with Crippen molar-refractivity contribution in [2.24, 2.45) is 5.92 Å². The Morgan fingerprint density at radius 1 is 1.29 bits per heavy atom. The van der Waals surface area contributed by atoms with E-state index in [0.717, 1.165) is 0 Å².